The number of anilines is 1. The number of aryl methyl sites for hydroxylation is 1. The van der Waals surface area contributed by atoms with Crippen molar-refractivity contribution in [2.75, 3.05) is 19.0 Å². The quantitative estimate of drug-likeness (QED) is 0.507. The maximum absolute atomic E-state index is 12.6. The number of nitrogens with zero attached hydrogens (tertiary/aromatic N) is 2. The van der Waals surface area contributed by atoms with E-state index in [9.17, 15) is 14.4 Å². The highest BCUT2D eigenvalue weighted by molar-refractivity contribution is 6.35. The summed E-state index contributed by atoms with van der Waals surface area (Å²) in [5.74, 6) is -1.13. The number of benzene rings is 2. The summed E-state index contributed by atoms with van der Waals surface area (Å²) in [5.41, 5.74) is 3.09. The number of carbonyl (C=O) groups is 3. The zero-order valence-electron chi connectivity index (χ0n) is 16.2. The Morgan fingerprint density at radius 1 is 1.04 bits per heavy atom. The van der Waals surface area contributed by atoms with Crippen LogP contribution >= 0.6 is 0 Å². The van der Waals surface area contributed by atoms with Crippen LogP contribution in [0.4, 0.5) is 11.4 Å². The molecule has 6 nitrogen and oxygen atoms in total. The van der Waals surface area contributed by atoms with Crippen LogP contribution < -0.4 is 10.2 Å². The second-order valence-electron chi connectivity index (χ2n) is 6.81. The van der Waals surface area contributed by atoms with Crippen LogP contribution in [0.25, 0.3) is 0 Å². The highest BCUT2D eigenvalue weighted by Crippen LogP contribution is 2.24. The Balaban J connectivity index is 1.81. The normalized spacial score (nSPS) is 13.7. The van der Waals surface area contributed by atoms with Gasteiger partial charge in [0.05, 0.1) is 11.3 Å². The van der Waals surface area contributed by atoms with Crippen molar-refractivity contribution in [2.24, 2.45) is 4.99 Å². The zero-order chi connectivity index (χ0) is 20.4. The van der Waals surface area contributed by atoms with Gasteiger partial charge in [-0.25, -0.2) is 4.99 Å². The summed E-state index contributed by atoms with van der Waals surface area (Å²) < 4.78 is 0. The third kappa shape index (κ3) is 3.76. The van der Waals surface area contributed by atoms with Crippen LogP contribution in [0.15, 0.2) is 59.1 Å². The topological polar surface area (TPSA) is 78.8 Å². The first-order chi connectivity index (χ1) is 13.3. The third-order valence-electron chi connectivity index (χ3n) is 4.48. The summed E-state index contributed by atoms with van der Waals surface area (Å²) in [4.78, 5) is 43.8. The number of allylic oxidation sites excluding steroid dienone is 1. The highest BCUT2D eigenvalue weighted by atomic mass is 16.2. The van der Waals surface area contributed by atoms with E-state index in [4.69, 9.17) is 0 Å². The molecule has 0 heterocycles. The Bertz CT molecular complexity index is 1050. The van der Waals surface area contributed by atoms with Crippen molar-refractivity contribution in [3.8, 4) is 0 Å². The predicted octanol–water partition coefficient (Wildman–Crippen LogP) is 3.23. The average molecular weight is 375 g/mol. The number of rotatable bonds is 3. The molecule has 2 aromatic rings. The molecule has 1 amide bonds. The molecule has 0 aromatic heterocycles. The van der Waals surface area contributed by atoms with Crippen molar-refractivity contribution >= 4 is 34.7 Å². The molecule has 0 spiro atoms. The molecule has 28 heavy (non-hydrogen) atoms. The first kappa shape index (κ1) is 19.2. The van der Waals surface area contributed by atoms with Gasteiger partial charge in [0.25, 0.3) is 5.91 Å². The molecule has 0 bridgehead atoms. The second-order valence-corrected chi connectivity index (χ2v) is 6.81. The number of hydrogen-bond acceptors (Lipinski definition) is 5. The van der Waals surface area contributed by atoms with E-state index in [1.54, 1.807) is 31.2 Å². The molecule has 6 heteroatoms. The van der Waals surface area contributed by atoms with Gasteiger partial charge in [0, 0.05) is 37.0 Å². The Hall–Kier alpha value is -3.54. The first-order valence-corrected chi connectivity index (χ1v) is 8.82. The van der Waals surface area contributed by atoms with Crippen molar-refractivity contribution in [3.05, 3.63) is 70.8 Å². The van der Waals surface area contributed by atoms with E-state index in [1.807, 2.05) is 44.1 Å². The highest BCUT2D eigenvalue weighted by Gasteiger charge is 2.29. The van der Waals surface area contributed by atoms with E-state index in [2.05, 4.69) is 10.3 Å². The Kier molecular flexibility index (Phi) is 5.22. The largest absolute Gasteiger partial charge is 0.378 e. The van der Waals surface area contributed by atoms with Crippen molar-refractivity contribution in [1.82, 2.24) is 5.32 Å². The van der Waals surface area contributed by atoms with Crippen LogP contribution in [0.3, 0.4) is 0 Å². The van der Waals surface area contributed by atoms with Gasteiger partial charge >= 0.3 is 0 Å². The van der Waals surface area contributed by atoms with Crippen molar-refractivity contribution < 1.29 is 14.4 Å². The molecule has 2 aromatic carbocycles. The fourth-order valence-electron chi connectivity index (χ4n) is 2.97. The number of carbonyl (C=O) groups excluding carboxylic acids is 3. The zero-order valence-corrected chi connectivity index (χ0v) is 16.2. The number of amides is 1. The van der Waals surface area contributed by atoms with E-state index >= 15 is 0 Å². The van der Waals surface area contributed by atoms with Crippen LogP contribution in [0, 0.1) is 6.92 Å². The number of hydrogen-bond donors (Lipinski definition) is 1. The molecule has 0 fully saturated rings. The lowest BCUT2D eigenvalue weighted by atomic mass is 9.89. The number of ketones is 2. The second kappa shape index (κ2) is 7.60. The van der Waals surface area contributed by atoms with Crippen LogP contribution in [0.5, 0.6) is 0 Å². The molecule has 0 radical (unpaired) electrons. The van der Waals surface area contributed by atoms with Gasteiger partial charge in [0.1, 0.15) is 5.84 Å². The van der Waals surface area contributed by atoms with E-state index < -0.39 is 11.7 Å². The molecule has 0 atom stereocenters. The van der Waals surface area contributed by atoms with Gasteiger partial charge in [0.2, 0.25) is 0 Å². The summed E-state index contributed by atoms with van der Waals surface area (Å²) in [5, 5.41) is 2.60. The summed E-state index contributed by atoms with van der Waals surface area (Å²) in [7, 11) is 3.91. The van der Waals surface area contributed by atoms with Gasteiger partial charge in [0.15, 0.2) is 11.6 Å². The van der Waals surface area contributed by atoms with Crippen molar-refractivity contribution in [2.45, 2.75) is 13.8 Å². The molecule has 1 aliphatic carbocycles. The Morgan fingerprint density at radius 3 is 2.36 bits per heavy atom. The molecule has 0 saturated carbocycles. The van der Waals surface area contributed by atoms with Gasteiger partial charge in [-0.1, -0.05) is 24.3 Å². The van der Waals surface area contributed by atoms with Crippen LogP contribution in [-0.2, 0) is 4.79 Å². The summed E-state index contributed by atoms with van der Waals surface area (Å²) in [6.07, 6.45) is 1.09. The lowest BCUT2D eigenvalue weighted by Crippen LogP contribution is -2.34. The lowest BCUT2D eigenvalue weighted by molar-refractivity contribution is -0.115. The minimum atomic E-state index is -0.642. The minimum Gasteiger partial charge on any atom is -0.378 e. The van der Waals surface area contributed by atoms with Crippen LogP contribution in [0.2, 0.25) is 0 Å². The smallest absolute Gasteiger partial charge is 0.260 e. The number of nitrogens with one attached hydrogen (secondary N) is 1. The van der Waals surface area contributed by atoms with Gasteiger partial charge in [-0.05, 0) is 37.6 Å². The van der Waals surface area contributed by atoms with Crippen LogP contribution in [0.1, 0.15) is 33.2 Å². The molecule has 142 valence electrons. The molecule has 1 aliphatic rings. The van der Waals surface area contributed by atoms with Gasteiger partial charge in [-0.3, -0.25) is 14.4 Å². The van der Waals surface area contributed by atoms with E-state index in [1.165, 1.54) is 0 Å². The molecular formula is C22H21N3O3. The summed E-state index contributed by atoms with van der Waals surface area (Å²) >= 11 is 0. The maximum atomic E-state index is 12.6. The number of aliphatic imine (C=N–C) groups is 1. The van der Waals surface area contributed by atoms with E-state index in [0.29, 0.717) is 17.1 Å². The summed E-state index contributed by atoms with van der Waals surface area (Å²) in [6.45, 7) is 3.57. The van der Waals surface area contributed by atoms with Crippen LogP contribution in [-0.4, -0.2) is 37.4 Å². The van der Waals surface area contributed by atoms with E-state index in [0.717, 1.165) is 17.3 Å². The predicted molar refractivity (Wildman–Crippen MR) is 110 cm³/mol. The fraction of sp³-hybridized carbons (Fsp3) is 0.182. The maximum Gasteiger partial charge on any atom is 0.260 e. The number of fused-ring (bicyclic) bond motifs is 1. The average Bonchev–Trinajstić information content (AvgIpc) is 2.66. The first-order valence-electron chi connectivity index (χ1n) is 8.82. The summed E-state index contributed by atoms with van der Waals surface area (Å²) in [6, 6.07) is 12.3. The van der Waals surface area contributed by atoms with Gasteiger partial charge in [-0.15, -0.1) is 0 Å². The molecule has 0 unspecified atom stereocenters. The monoisotopic (exact) mass is 375 g/mol. The molecule has 1 N–H and O–H groups in total. The fourth-order valence-corrected chi connectivity index (χ4v) is 2.97. The Morgan fingerprint density at radius 2 is 1.71 bits per heavy atom. The standard InChI is InChI=1S/C22H21N3O3/c1-13-11-15(25(3)4)9-10-19(13)23-14(2)24-22(28)18-12-20(26)16-7-5-6-8-17(16)21(18)27/h5-12H,1-4H3,(H,23,24,28). The molecular weight excluding hydrogens is 354 g/mol. The lowest BCUT2D eigenvalue weighted by Gasteiger charge is -2.15. The van der Waals surface area contributed by atoms with Gasteiger partial charge < -0.3 is 10.2 Å². The van der Waals surface area contributed by atoms with E-state index in [-0.39, 0.29) is 16.9 Å². The molecule has 3 rings (SSSR count). The number of amidine groups is 1. The van der Waals surface area contributed by atoms with Crippen molar-refractivity contribution in [1.29, 1.82) is 0 Å². The SMILES string of the molecule is CC(=Nc1ccc(N(C)C)cc1C)NC(=O)C1=CC(=O)c2ccccc2C1=O. The third-order valence-corrected chi connectivity index (χ3v) is 4.48. The minimum absolute atomic E-state index is 0.182. The Labute approximate surface area is 163 Å². The van der Waals surface area contributed by atoms with Gasteiger partial charge in [-0.2, -0.15) is 0 Å². The molecule has 0 aliphatic heterocycles. The molecule has 0 saturated heterocycles. The number of Topliss-reactive ketones (excluding diaryl/α,β-unsaturated/α-hetero) is 1. The van der Waals surface area contributed by atoms with Crippen molar-refractivity contribution in [3.63, 3.8) is 0 Å².